The minimum Gasteiger partial charge on any atom is -0.357 e. The van der Waals surface area contributed by atoms with Crippen molar-refractivity contribution in [3.63, 3.8) is 0 Å². The third-order valence-electron chi connectivity index (χ3n) is 5.27. The van der Waals surface area contributed by atoms with Crippen LogP contribution in [-0.2, 0) is 22.7 Å². The standard InChI is InChI=1S/C22H22ClFN4O2/c23-16-5-6-19-15(9-16)10-17(27-19)12-26-21(29)11-20-22(30)25-7-8-28(20)13-14-3-1-2-4-18(14)24/h1-6,9-10,20,27H,7-8,11-13H2,(H,25,30)(H,26,29)/t20-/m0/s1. The van der Waals surface area contributed by atoms with E-state index in [4.69, 9.17) is 11.6 Å². The molecule has 0 spiro atoms. The summed E-state index contributed by atoms with van der Waals surface area (Å²) < 4.78 is 14.0. The number of hydrogen-bond donors (Lipinski definition) is 3. The van der Waals surface area contributed by atoms with Crippen molar-refractivity contribution in [2.45, 2.75) is 25.6 Å². The van der Waals surface area contributed by atoms with Crippen molar-refractivity contribution in [3.05, 3.63) is 70.6 Å². The number of H-pyrrole nitrogens is 1. The number of halogens is 2. The molecule has 1 aliphatic rings. The maximum atomic E-state index is 14.0. The Hall–Kier alpha value is -2.90. The van der Waals surface area contributed by atoms with E-state index in [9.17, 15) is 14.0 Å². The van der Waals surface area contributed by atoms with Crippen molar-refractivity contribution in [1.29, 1.82) is 0 Å². The van der Waals surface area contributed by atoms with E-state index in [2.05, 4.69) is 15.6 Å². The van der Waals surface area contributed by atoms with Crippen molar-refractivity contribution < 1.29 is 14.0 Å². The first-order valence-electron chi connectivity index (χ1n) is 9.78. The highest BCUT2D eigenvalue weighted by atomic mass is 35.5. The van der Waals surface area contributed by atoms with Crippen LogP contribution in [0, 0.1) is 5.82 Å². The molecule has 2 heterocycles. The number of amides is 2. The summed E-state index contributed by atoms with van der Waals surface area (Å²) in [6.45, 7) is 1.62. The molecule has 3 aromatic rings. The van der Waals surface area contributed by atoms with Crippen LogP contribution in [0.5, 0.6) is 0 Å². The molecule has 0 aliphatic carbocycles. The molecule has 2 aromatic carbocycles. The monoisotopic (exact) mass is 428 g/mol. The molecule has 0 radical (unpaired) electrons. The molecule has 0 unspecified atom stereocenters. The van der Waals surface area contributed by atoms with Crippen LogP contribution in [0.2, 0.25) is 5.02 Å². The molecule has 0 bridgehead atoms. The van der Waals surface area contributed by atoms with Crippen molar-refractivity contribution in [2.24, 2.45) is 0 Å². The Morgan fingerprint density at radius 2 is 2.07 bits per heavy atom. The number of nitrogens with one attached hydrogen (secondary N) is 3. The zero-order valence-corrected chi connectivity index (χ0v) is 17.0. The molecule has 0 saturated carbocycles. The van der Waals surface area contributed by atoms with E-state index in [0.29, 0.717) is 30.2 Å². The SMILES string of the molecule is O=C(C[C@H]1C(=O)NCCN1Cc1ccccc1F)NCc1cc2cc(Cl)ccc2[nH]1. The first-order valence-corrected chi connectivity index (χ1v) is 10.2. The zero-order valence-electron chi connectivity index (χ0n) is 16.3. The van der Waals surface area contributed by atoms with Gasteiger partial charge in [0.15, 0.2) is 0 Å². The first-order chi connectivity index (χ1) is 14.5. The molecule has 156 valence electrons. The third kappa shape index (κ3) is 4.63. The summed E-state index contributed by atoms with van der Waals surface area (Å²) in [5.74, 6) is -0.772. The maximum absolute atomic E-state index is 14.0. The summed E-state index contributed by atoms with van der Waals surface area (Å²) in [5, 5.41) is 7.26. The van der Waals surface area contributed by atoms with Gasteiger partial charge in [0.2, 0.25) is 11.8 Å². The van der Waals surface area contributed by atoms with Gasteiger partial charge in [-0.1, -0.05) is 29.8 Å². The van der Waals surface area contributed by atoms with Gasteiger partial charge in [-0.05, 0) is 30.3 Å². The summed E-state index contributed by atoms with van der Waals surface area (Å²) >= 11 is 6.01. The van der Waals surface area contributed by atoms with Gasteiger partial charge in [0, 0.05) is 46.8 Å². The van der Waals surface area contributed by atoms with Crippen LogP contribution in [0.4, 0.5) is 4.39 Å². The molecule has 30 heavy (non-hydrogen) atoms. The van der Waals surface area contributed by atoms with E-state index in [-0.39, 0.29) is 30.6 Å². The second kappa shape index (κ2) is 8.85. The van der Waals surface area contributed by atoms with Crippen LogP contribution in [0.3, 0.4) is 0 Å². The highest BCUT2D eigenvalue weighted by molar-refractivity contribution is 6.31. The molecule has 8 heteroatoms. The number of rotatable bonds is 6. The summed E-state index contributed by atoms with van der Waals surface area (Å²) in [7, 11) is 0. The largest absolute Gasteiger partial charge is 0.357 e. The van der Waals surface area contributed by atoms with Gasteiger partial charge in [0.25, 0.3) is 0 Å². The van der Waals surface area contributed by atoms with Gasteiger partial charge in [-0.25, -0.2) is 4.39 Å². The number of carbonyl (C=O) groups excluding carboxylic acids is 2. The van der Waals surface area contributed by atoms with Crippen LogP contribution in [-0.4, -0.2) is 40.8 Å². The van der Waals surface area contributed by atoms with Crippen molar-refractivity contribution >= 4 is 34.3 Å². The molecule has 4 rings (SSSR count). The molecule has 1 aromatic heterocycles. The number of aromatic nitrogens is 1. The topological polar surface area (TPSA) is 77.2 Å². The Morgan fingerprint density at radius 1 is 1.23 bits per heavy atom. The third-order valence-corrected chi connectivity index (χ3v) is 5.50. The zero-order chi connectivity index (χ0) is 21.1. The molecular formula is C22H22ClFN4O2. The molecule has 3 N–H and O–H groups in total. The highest BCUT2D eigenvalue weighted by Crippen LogP contribution is 2.20. The summed E-state index contributed by atoms with van der Waals surface area (Å²) in [5.41, 5.74) is 2.29. The van der Waals surface area contributed by atoms with Gasteiger partial charge in [-0.15, -0.1) is 0 Å². The van der Waals surface area contributed by atoms with E-state index in [0.717, 1.165) is 16.6 Å². The second-order valence-corrected chi connectivity index (χ2v) is 7.81. The van der Waals surface area contributed by atoms with E-state index < -0.39 is 6.04 Å². The highest BCUT2D eigenvalue weighted by Gasteiger charge is 2.31. The Labute approximate surface area is 178 Å². The number of nitrogens with zero attached hydrogens (tertiary/aromatic N) is 1. The normalized spacial score (nSPS) is 17.1. The molecule has 6 nitrogen and oxygen atoms in total. The Balaban J connectivity index is 1.39. The quantitative estimate of drug-likeness (QED) is 0.565. The Kier molecular flexibility index (Phi) is 6.01. The predicted molar refractivity (Wildman–Crippen MR) is 113 cm³/mol. The lowest BCUT2D eigenvalue weighted by Gasteiger charge is -2.34. The lowest BCUT2D eigenvalue weighted by molar-refractivity contribution is -0.134. The smallest absolute Gasteiger partial charge is 0.237 e. The van der Waals surface area contributed by atoms with Crippen molar-refractivity contribution in [1.82, 2.24) is 20.5 Å². The van der Waals surface area contributed by atoms with Crippen LogP contribution in [0.1, 0.15) is 17.7 Å². The summed E-state index contributed by atoms with van der Waals surface area (Å²) in [6, 6.07) is 13.3. The molecule has 1 aliphatic heterocycles. The summed E-state index contributed by atoms with van der Waals surface area (Å²) in [4.78, 5) is 30.0. The number of piperazine rings is 1. The van der Waals surface area contributed by atoms with Gasteiger partial charge in [0.1, 0.15) is 5.82 Å². The fraction of sp³-hybridized carbons (Fsp3) is 0.273. The van der Waals surface area contributed by atoms with E-state index in [1.807, 2.05) is 23.1 Å². The van der Waals surface area contributed by atoms with Crippen molar-refractivity contribution in [2.75, 3.05) is 13.1 Å². The minimum atomic E-state index is -0.639. The van der Waals surface area contributed by atoms with Gasteiger partial charge in [0.05, 0.1) is 19.0 Å². The second-order valence-electron chi connectivity index (χ2n) is 7.38. The lowest BCUT2D eigenvalue weighted by atomic mass is 10.1. The fourth-order valence-corrected chi connectivity index (χ4v) is 3.90. The number of carbonyl (C=O) groups is 2. The minimum absolute atomic E-state index is 0.00629. The maximum Gasteiger partial charge on any atom is 0.237 e. The molecule has 1 saturated heterocycles. The van der Waals surface area contributed by atoms with Crippen molar-refractivity contribution in [3.8, 4) is 0 Å². The average molecular weight is 429 g/mol. The molecule has 2 amide bonds. The van der Waals surface area contributed by atoms with E-state index >= 15 is 0 Å². The molecule has 1 fully saturated rings. The van der Waals surface area contributed by atoms with E-state index in [1.165, 1.54) is 6.07 Å². The lowest BCUT2D eigenvalue weighted by Crippen LogP contribution is -2.56. The van der Waals surface area contributed by atoms with Gasteiger partial charge < -0.3 is 15.6 Å². The van der Waals surface area contributed by atoms with Gasteiger partial charge >= 0.3 is 0 Å². The Morgan fingerprint density at radius 3 is 2.90 bits per heavy atom. The predicted octanol–water partition coefficient (Wildman–Crippen LogP) is 2.97. The number of hydrogen-bond acceptors (Lipinski definition) is 3. The molecule has 1 atom stereocenters. The van der Waals surface area contributed by atoms with Crippen LogP contribution >= 0.6 is 11.6 Å². The van der Waals surface area contributed by atoms with Crippen LogP contribution in [0.25, 0.3) is 10.9 Å². The van der Waals surface area contributed by atoms with Gasteiger partial charge in [-0.3, -0.25) is 14.5 Å². The fourth-order valence-electron chi connectivity index (χ4n) is 3.72. The van der Waals surface area contributed by atoms with Gasteiger partial charge in [-0.2, -0.15) is 0 Å². The van der Waals surface area contributed by atoms with Crippen LogP contribution < -0.4 is 10.6 Å². The number of fused-ring (bicyclic) bond motifs is 1. The number of benzene rings is 2. The number of aromatic amines is 1. The average Bonchev–Trinajstić information content (AvgIpc) is 3.12. The van der Waals surface area contributed by atoms with Crippen LogP contribution in [0.15, 0.2) is 48.5 Å². The Bertz CT molecular complexity index is 1080. The first kappa shape index (κ1) is 20.4. The molecular weight excluding hydrogens is 407 g/mol. The van der Waals surface area contributed by atoms with E-state index in [1.54, 1.807) is 24.3 Å². The summed E-state index contributed by atoms with van der Waals surface area (Å²) in [6.07, 6.45) is 0.00629.